The molecule has 1 fully saturated rings. The molecule has 1 aliphatic rings. The monoisotopic (exact) mass is 374 g/mol. The number of nitrogens with two attached hydrogens (primary N) is 1. The predicted octanol–water partition coefficient (Wildman–Crippen LogP) is 0.663. The van der Waals surface area contributed by atoms with Gasteiger partial charge in [0, 0.05) is 32.8 Å². The van der Waals surface area contributed by atoms with Crippen molar-refractivity contribution < 1.29 is 14.2 Å². The fraction of sp³-hybridized carbons (Fsp3) is 0.800. The van der Waals surface area contributed by atoms with Crippen LogP contribution in [-0.2, 0) is 14.2 Å². The van der Waals surface area contributed by atoms with Gasteiger partial charge in [-0.2, -0.15) is 4.98 Å². The SMILES string of the molecule is COCCOCCOCCN1CCC(Nc2nnc(Cl)c(N)n2)CC1. The van der Waals surface area contributed by atoms with Crippen molar-refractivity contribution in [2.75, 3.05) is 70.8 Å². The highest BCUT2D eigenvalue weighted by molar-refractivity contribution is 6.31. The van der Waals surface area contributed by atoms with E-state index in [1.165, 1.54) is 0 Å². The number of aromatic nitrogens is 3. The molecular weight excluding hydrogens is 348 g/mol. The van der Waals surface area contributed by atoms with Gasteiger partial charge in [0.05, 0.1) is 33.0 Å². The molecule has 0 spiro atoms. The third-order valence-corrected chi connectivity index (χ3v) is 4.22. The first-order chi connectivity index (χ1) is 12.2. The Hall–Kier alpha value is -1.26. The molecule has 2 heterocycles. The second-order valence-electron chi connectivity index (χ2n) is 5.79. The molecule has 0 atom stereocenters. The minimum atomic E-state index is 0.129. The van der Waals surface area contributed by atoms with Crippen molar-refractivity contribution in [2.24, 2.45) is 0 Å². The number of halogens is 1. The fourth-order valence-corrected chi connectivity index (χ4v) is 2.61. The largest absolute Gasteiger partial charge is 0.382 e. The molecule has 0 amide bonds. The van der Waals surface area contributed by atoms with E-state index in [1.54, 1.807) is 7.11 Å². The zero-order chi connectivity index (χ0) is 17.9. The number of anilines is 2. The Morgan fingerprint density at radius 3 is 2.48 bits per heavy atom. The summed E-state index contributed by atoms with van der Waals surface area (Å²) in [5.41, 5.74) is 5.64. The van der Waals surface area contributed by atoms with Crippen LogP contribution >= 0.6 is 11.6 Å². The van der Waals surface area contributed by atoms with Crippen molar-refractivity contribution in [1.29, 1.82) is 0 Å². The summed E-state index contributed by atoms with van der Waals surface area (Å²) in [5.74, 6) is 0.622. The number of nitrogen functional groups attached to an aromatic ring is 1. The molecule has 0 saturated carbocycles. The quantitative estimate of drug-likeness (QED) is 0.540. The maximum absolute atomic E-state index is 5.72. The molecule has 25 heavy (non-hydrogen) atoms. The van der Waals surface area contributed by atoms with Crippen LogP contribution in [0, 0.1) is 0 Å². The van der Waals surface area contributed by atoms with Gasteiger partial charge in [-0.25, -0.2) is 0 Å². The van der Waals surface area contributed by atoms with E-state index in [4.69, 9.17) is 31.5 Å². The summed E-state index contributed by atoms with van der Waals surface area (Å²) in [6, 6.07) is 0.314. The van der Waals surface area contributed by atoms with E-state index in [0.717, 1.165) is 32.5 Å². The molecule has 0 aliphatic carbocycles. The first-order valence-electron chi connectivity index (χ1n) is 8.48. The van der Waals surface area contributed by atoms with Crippen molar-refractivity contribution >= 4 is 23.4 Å². The number of nitrogens with one attached hydrogen (secondary N) is 1. The van der Waals surface area contributed by atoms with Crippen LogP contribution in [0.5, 0.6) is 0 Å². The molecule has 0 bridgehead atoms. The van der Waals surface area contributed by atoms with Crippen LogP contribution < -0.4 is 11.1 Å². The minimum absolute atomic E-state index is 0.129. The Labute approximate surface area is 153 Å². The zero-order valence-corrected chi connectivity index (χ0v) is 15.4. The van der Waals surface area contributed by atoms with Crippen LogP contribution in [0.2, 0.25) is 5.15 Å². The summed E-state index contributed by atoms with van der Waals surface area (Å²) >= 11 is 5.72. The lowest BCUT2D eigenvalue weighted by molar-refractivity contribution is 0.0182. The second-order valence-corrected chi connectivity index (χ2v) is 6.15. The Morgan fingerprint density at radius 1 is 1.12 bits per heavy atom. The highest BCUT2D eigenvalue weighted by Gasteiger charge is 2.19. The second kappa shape index (κ2) is 11.4. The van der Waals surface area contributed by atoms with E-state index in [1.807, 2.05) is 0 Å². The van der Waals surface area contributed by atoms with E-state index < -0.39 is 0 Å². The molecule has 1 saturated heterocycles. The Morgan fingerprint density at radius 2 is 1.80 bits per heavy atom. The average molecular weight is 375 g/mol. The maximum Gasteiger partial charge on any atom is 0.245 e. The summed E-state index contributed by atoms with van der Waals surface area (Å²) in [4.78, 5) is 6.48. The van der Waals surface area contributed by atoms with Gasteiger partial charge in [-0.15, -0.1) is 10.2 Å². The van der Waals surface area contributed by atoms with Gasteiger partial charge in [0.25, 0.3) is 0 Å². The van der Waals surface area contributed by atoms with Crippen molar-refractivity contribution in [1.82, 2.24) is 20.1 Å². The highest BCUT2D eigenvalue weighted by Crippen LogP contribution is 2.16. The van der Waals surface area contributed by atoms with E-state index in [0.29, 0.717) is 45.0 Å². The standard InChI is InChI=1S/C15H27ClN6O3/c1-23-8-9-25-11-10-24-7-6-22-4-2-12(3-5-22)18-15-19-14(17)13(16)20-21-15/h12H,2-11H2,1H3,(H3,17,18,19,21). The van der Waals surface area contributed by atoms with Gasteiger partial charge in [-0.05, 0) is 12.8 Å². The number of likely N-dealkylation sites (tertiary alicyclic amines) is 1. The molecule has 1 aromatic rings. The summed E-state index contributed by atoms with van der Waals surface area (Å²) in [6.45, 7) is 6.09. The fourth-order valence-electron chi connectivity index (χ4n) is 2.53. The topological polar surface area (TPSA) is 108 Å². The molecular formula is C15H27ClN6O3. The molecule has 0 radical (unpaired) electrons. The number of nitrogens with zero attached hydrogens (tertiary/aromatic N) is 4. The zero-order valence-electron chi connectivity index (χ0n) is 14.6. The van der Waals surface area contributed by atoms with Crippen LogP contribution in [0.3, 0.4) is 0 Å². The van der Waals surface area contributed by atoms with Crippen molar-refractivity contribution in [2.45, 2.75) is 18.9 Å². The smallest absolute Gasteiger partial charge is 0.245 e. The molecule has 0 aromatic carbocycles. The lowest BCUT2D eigenvalue weighted by Crippen LogP contribution is -2.40. The van der Waals surface area contributed by atoms with Crippen LogP contribution in [0.15, 0.2) is 0 Å². The summed E-state index contributed by atoms with van der Waals surface area (Å²) < 4.78 is 15.8. The third kappa shape index (κ3) is 7.66. The van der Waals surface area contributed by atoms with Gasteiger partial charge in [-0.3, -0.25) is 0 Å². The lowest BCUT2D eigenvalue weighted by Gasteiger charge is -2.32. The lowest BCUT2D eigenvalue weighted by atomic mass is 10.1. The molecule has 2 rings (SSSR count). The predicted molar refractivity (Wildman–Crippen MR) is 95.8 cm³/mol. The first-order valence-corrected chi connectivity index (χ1v) is 8.86. The van der Waals surface area contributed by atoms with Crippen LogP contribution in [-0.4, -0.2) is 85.9 Å². The number of ether oxygens (including phenoxy) is 3. The van der Waals surface area contributed by atoms with Crippen LogP contribution in [0.25, 0.3) is 0 Å². The van der Waals surface area contributed by atoms with E-state index >= 15 is 0 Å². The number of hydrogen-bond donors (Lipinski definition) is 2. The molecule has 1 aliphatic heterocycles. The Kier molecular flexibility index (Phi) is 9.12. The minimum Gasteiger partial charge on any atom is -0.382 e. The van der Waals surface area contributed by atoms with Gasteiger partial charge in [-0.1, -0.05) is 11.6 Å². The van der Waals surface area contributed by atoms with Crippen LogP contribution in [0.1, 0.15) is 12.8 Å². The summed E-state index contributed by atoms with van der Waals surface area (Å²) in [6.07, 6.45) is 2.01. The van der Waals surface area contributed by atoms with Gasteiger partial charge in [0.2, 0.25) is 5.95 Å². The molecule has 9 nitrogen and oxygen atoms in total. The number of methoxy groups -OCH3 is 1. The first kappa shape index (κ1) is 20.1. The van der Waals surface area contributed by atoms with Crippen molar-refractivity contribution in [3.05, 3.63) is 5.15 Å². The van der Waals surface area contributed by atoms with Gasteiger partial charge in [0.1, 0.15) is 0 Å². The summed E-state index contributed by atoms with van der Waals surface area (Å²) in [5, 5.41) is 11.1. The van der Waals surface area contributed by atoms with E-state index in [-0.39, 0.29) is 11.0 Å². The van der Waals surface area contributed by atoms with Crippen molar-refractivity contribution in [3.63, 3.8) is 0 Å². The van der Waals surface area contributed by atoms with Gasteiger partial charge >= 0.3 is 0 Å². The molecule has 142 valence electrons. The third-order valence-electron chi connectivity index (χ3n) is 3.95. The van der Waals surface area contributed by atoms with E-state index in [2.05, 4.69) is 25.4 Å². The molecule has 1 aromatic heterocycles. The Balaban J connectivity index is 1.53. The molecule has 10 heteroatoms. The average Bonchev–Trinajstić information content (AvgIpc) is 2.62. The summed E-state index contributed by atoms with van der Waals surface area (Å²) in [7, 11) is 1.66. The molecule has 0 unspecified atom stereocenters. The number of rotatable bonds is 11. The van der Waals surface area contributed by atoms with Crippen LogP contribution in [0.4, 0.5) is 11.8 Å². The number of hydrogen-bond acceptors (Lipinski definition) is 9. The Bertz CT molecular complexity index is 502. The van der Waals surface area contributed by atoms with Gasteiger partial charge < -0.3 is 30.2 Å². The molecule has 3 N–H and O–H groups in total. The maximum atomic E-state index is 5.72. The highest BCUT2D eigenvalue weighted by atomic mass is 35.5. The van der Waals surface area contributed by atoms with Gasteiger partial charge in [0.15, 0.2) is 11.0 Å². The van der Waals surface area contributed by atoms with Crippen molar-refractivity contribution in [3.8, 4) is 0 Å². The normalized spacial score (nSPS) is 16.2. The number of piperidine rings is 1. The van der Waals surface area contributed by atoms with E-state index in [9.17, 15) is 0 Å².